The third-order valence-electron chi connectivity index (χ3n) is 1.61. The van der Waals surface area contributed by atoms with E-state index in [1.54, 1.807) is 6.92 Å². The summed E-state index contributed by atoms with van der Waals surface area (Å²) in [6, 6.07) is -0.972. The molecule has 0 aliphatic rings. The Bertz CT molecular complexity index is 126. The predicted molar refractivity (Wildman–Crippen MR) is 40.1 cm³/mol. The number of carboxylic acids is 1. The maximum atomic E-state index is 10.2. The molecule has 0 radical (unpaired) electrons. The van der Waals surface area contributed by atoms with E-state index in [4.69, 9.17) is 15.9 Å². The number of rotatable bonds is 3. The Kier molecular flexibility index (Phi) is 5.97. The van der Waals surface area contributed by atoms with Gasteiger partial charge in [-0.15, -0.1) is 0 Å². The predicted octanol–water partition coefficient (Wildman–Crippen LogP) is -1.41. The summed E-state index contributed by atoms with van der Waals surface area (Å²) in [5, 5.41) is 17.3. The first-order valence-corrected chi connectivity index (χ1v) is 3.13. The SMILES string of the molecule is CC(O)[C@H](C)[C@H](N)C(=O)O.O. The van der Waals surface area contributed by atoms with Crippen molar-refractivity contribution in [3.63, 3.8) is 0 Å². The van der Waals surface area contributed by atoms with Crippen LogP contribution in [-0.4, -0.2) is 33.8 Å². The van der Waals surface area contributed by atoms with Crippen LogP contribution >= 0.6 is 0 Å². The monoisotopic (exact) mass is 165 g/mol. The van der Waals surface area contributed by atoms with Gasteiger partial charge in [0.1, 0.15) is 6.04 Å². The number of aliphatic carboxylic acids is 1. The van der Waals surface area contributed by atoms with Gasteiger partial charge in [0.25, 0.3) is 0 Å². The zero-order valence-electron chi connectivity index (χ0n) is 6.61. The van der Waals surface area contributed by atoms with E-state index in [1.165, 1.54) is 6.92 Å². The number of hydrogen-bond acceptors (Lipinski definition) is 3. The zero-order chi connectivity index (χ0) is 8.31. The van der Waals surface area contributed by atoms with Crippen molar-refractivity contribution in [2.24, 2.45) is 11.7 Å². The molecule has 0 aromatic rings. The van der Waals surface area contributed by atoms with Crippen LogP contribution in [-0.2, 0) is 4.79 Å². The average molecular weight is 165 g/mol. The van der Waals surface area contributed by atoms with Gasteiger partial charge in [0.15, 0.2) is 0 Å². The van der Waals surface area contributed by atoms with Crippen molar-refractivity contribution in [3.8, 4) is 0 Å². The van der Waals surface area contributed by atoms with Gasteiger partial charge in [0.05, 0.1) is 6.10 Å². The van der Waals surface area contributed by atoms with Gasteiger partial charge in [-0.25, -0.2) is 0 Å². The van der Waals surface area contributed by atoms with Crippen molar-refractivity contribution in [2.75, 3.05) is 0 Å². The molecule has 0 heterocycles. The normalized spacial score (nSPS) is 17.8. The molecule has 1 unspecified atom stereocenters. The maximum Gasteiger partial charge on any atom is 0.320 e. The van der Waals surface area contributed by atoms with Crippen LogP contribution < -0.4 is 5.73 Å². The molecule has 0 fully saturated rings. The molecule has 3 atom stereocenters. The highest BCUT2D eigenvalue weighted by Crippen LogP contribution is 2.05. The van der Waals surface area contributed by atoms with Crippen LogP contribution in [0.5, 0.6) is 0 Å². The number of aliphatic hydroxyl groups is 1. The van der Waals surface area contributed by atoms with E-state index in [0.29, 0.717) is 0 Å². The molecule has 68 valence electrons. The Morgan fingerprint density at radius 3 is 1.91 bits per heavy atom. The van der Waals surface area contributed by atoms with E-state index in [9.17, 15) is 4.79 Å². The lowest BCUT2D eigenvalue weighted by molar-refractivity contribution is -0.140. The fourth-order valence-corrected chi connectivity index (χ4v) is 0.525. The molecule has 0 aromatic carbocycles. The molecule has 0 saturated carbocycles. The Balaban J connectivity index is 0. The van der Waals surface area contributed by atoms with Crippen LogP contribution in [0.1, 0.15) is 13.8 Å². The van der Waals surface area contributed by atoms with E-state index in [0.717, 1.165) is 0 Å². The van der Waals surface area contributed by atoms with Gasteiger partial charge in [-0.3, -0.25) is 4.79 Å². The Morgan fingerprint density at radius 2 is 1.82 bits per heavy atom. The highest BCUT2D eigenvalue weighted by molar-refractivity contribution is 5.73. The van der Waals surface area contributed by atoms with E-state index < -0.39 is 24.0 Å². The molecular weight excluding hydrogens is 150 g/mol. The molecule has 6 N–H and O–H groups in total. The third-order valence-corrected chi connectivity index (χ3v) is 1.61. The summed E-state index contributed by atoms with van der Waals surface area (Å²) in [6.07, 6.45) is -0.675. The van der Waals surface area contributed by atoms with Crippen LogP contribution in [0.4, 0.5) is 0 Å². The number of nitrogens with two attached hydrogens (primary N) is 1. The Labute approximate surface area is 65.1 Å². The van der Waals surface area contributed by atoms with Crippen molar-refractivity contribution >= 4 is 5.97 Å². The lowest BCUT2D eigenvalue weighted by atomic mass is 9.98. The van der Waals surface area contributed by atoms with Gasteiger partial charge in [-0.1, -0.05) is 6.92 Å². The first-order valence-electron chi connectivity index (χ1n) is 3.13. The van der Waals surface area contributed by atoms with Crippen molar-refractivity contribution in [3.05, 3.63) is 0 Å². The van der Waals surface area contributed by atoms with Crippen molar-refractivity contribution in [1.82, 2.24) is 0 Å². The number of carboxylic acid groups (broad SMARTS) is 1. The fraction of sp³-hybridized carbons (Fsp3) is 0.833. The summed E-state index contributed by atoms with van der Waals surface area (Å²) in [5.74, 6) is -1.48. The molecule has 0 aromatic heterocycles. The summed E-state index contributed by atoms with van der Waals surface area (Å²) < 4.78 is 0. The highest BCUT2D eigenvalue weighted by atomic mass is 16.4. The molecule has 0 saturated heterocycles. The first-order chi connectivity index (χ1) is 4.46. The molecule has 11 heavy (non-hydrogen) atoms. The quantitative estimate of drug-likeness (QED) is 0.476. The molecule has 0 aliphatic carbocycles. The number of carbonyl (C=O) groups is 1. The van der Waals surface area contributed by atoms with E-state index >= 15 is 0 Å². The standard InChI is InChI=1S/C6H13NO3.H2O/c1-3(4(2)8)5(7)6(9)10;/h3-5,8H,7H2,1-2H3,(H,9,10);1H2/t3-,4?,5-;/m0./s1. The summed E-state index contributed by atoms with van der Waals surface area (Å²) >= 11 is 0. The second kappa shape index (κ2) is 5.06. The van der Waals surface area contributed by atoms with E-state index in [1.807, 2.05) is 0 Å². The molecule has 0 bridgehead atoms. The van der Waals surface area contributed by atoms with Crippen molar-refractivity contribution < 1.29 is 20.5 Å². The fourth-order valence-electron chi connectivity index (χ4n) is 0.525. The van der Waals surface area contributed by atoms with Gasteiger partial charge >= 0.3 is 5.97 Å². The molecule has 0 aliphatic heterocycles. The summed E-state index contributed by atoms with van der Waals surface area (Å²) in [6.45, 7) is 3.12. The van der Waals surface area contributed by atoms with Gasteiger partial charge in [0, 0.05) is 5.92 Å². The first kappa shape index (κ1) is 13.0. The molecule has 5 heteroatoms. The number of hydrogen-bond donors (Lipinski definition) is 3. The second-order valence-electron chi connectivity index (χ2n) is 2.46. The lowest BCUT2D eigenvalue weighted by Gasteiger charge is -2.17. The minimum Gasteiger partial charge on any atom is -0.480 e. The molecule has 0 amide bonds. The lowest BCUT2D eigenvalue weighted by Crippen LogP contribution is -2.41. The Morgan fingerprint density at radius 1 is 1.45 bits per heavy atom. The zero-order valence-corrected chi connectivity index (χ0v) is 6.61. The maximum absolute atomic E-state index is 10.2. The minimum absolute atomic E-state index is 0. The number of aliphatic hydroxyl groups excluding tert-OH is 1. The minimum atomic E-state index is -1.08. The summed E-state index contributed by atoms with van der Waals surface area (Å²) in [5.41, 5.74) is 5.20. The topological polar surface area (TPSA) is 115 Å². The van der Waals surface area contributed by atoms with Crippen LogP contribution in [0, 0.1) is 5.92 Å². The summed E-state index contributed by atoms with van der Waals surface area (Å²) in [7, 11) is 0. The molecular formula is C6H15NO4. The van der Waals surface area contributed by atoms with Gasteiger partial charge in [0.2, 0.25) is 0 Å². The van der Waals surface area contributed by atoms with Crippen LogP contribution in [0.2, 0.25) is 0 Å². The average Bonchev–Trinajstić information content (AvgIpc) is 1.84. The van der Waals surface area contributed by atoms with Gasteiger partial charge < -0.3 is 21.4 Å². The van der Waals surface area contributed by atoms with E-state index in [2.05, 4.69) is 0 Å². The molecule has 5 nitrogen and oxygen atoms in total. The molecule has 0 spiro atoms. The second-order valence-corrected chi connectivity index (χ2v) is 2.46. The van der Waals surface area contributed by atoms with Crippen LogP contribution in [0.25, 0.3) is 0 Å². The Hall–Kier alpha value is -0.650. The van der Waals surface area contributed by atoms with Gasteiger partial charge in [-0.2, -0.15) is 0 Å². The van der Waals surface area contributed by atoms with Crippen LogP contribution in [0.3, 0.4) is 0 Å². The largest absolute Gasteiger partial charge is 0.480 e. The van der Waals surface area contributed by atoms with Gasteiger partial charge in [-0.05, 0) is 6.92 Å². The van der Waals surface area contributed by atoms with Crippen LogP contribution in [0.15, 0.2) is 0 Å². The van der Waals surface area contributed by atoms with Crippen molar-refractivity contribution in [1.29, 1.82) is 0 Å². The van der Waals surface area contributed by atoms with E-state index in [-0.39, 0.29) is 5.48 Å². The summed E-state index contributed by atoms with van der Waals surface area (Å²) in [4.78, 5) is 10.2. The van der Waals surface area contributed by atoms with Crippen molar-refractivity contribution in [2.45, 2.75) is 26.0 Å². The molecule has 0 rings (SSSR count). The highest BCUT2D eigenvalue weighted by Gasteiger charge is 2.23. The third kappa shape index (κ3) is 3.92. The smallest absolute Gasteiger partial charge is 0.320 e.